The van der Waals surface area contributed by atoms with Gasteiger partial charge in [0.15, 0.2) is 16.4 Å². The zero-order valence-corrected chi connectivity index (χ0v) is 18.1. The predicted octanol–water partition coefficient (Wildman–Crippen LogP) is 3.13. The number of carboxylic acids is 1. The lowest BCUT2D eigenvalue weighted by Gasteiger charge is -2.28. The molecule has 7 nitrogen and oxygen atoms in total. The minimum Gasteiger partial charge on any atom is -0.483 e. The Hall–Kier alpha value is -3.39. The first kappa shape index (κ1) is 21.8. The van der Waals surface area contributed by atoms with Gasteiger partial charge in [-0.05, 0) is 34.9 Å². The average molecular weight is 454 g/mol. The number of amides is 1. The van der Waals surface area contributed by atoms with E-state index in [9.17, 15) is 23.1 Å². The normalized spacial score (nSPS) is 17.2. The Labute approximate surface area is 186 Å². The van der Waals surface area contributed by atoms with Gasteiger partial charge in [0.2, 0.25) is 0 Å². The molecule has 0 spiro atoms. The maximum absolute atomic E-state index is 13.1. The van der Waals surface area contributed by atoms with E-state index in [4.69, 9.17) is 4.74 Å². The van der Waals surface area contributed by atoms with Crippen molar-refractivity contribution >= 4 is 32.5 Å². The van der Waals surface area contributed by atoms with E-state index in [1.54, 1.807) is 12.1 Å². The fourth-order valence-corrected chi connectivity index (χ4v) is 5.68. The summed E-state index contributed by atoms with van der Waals surface area (Å²) in [7, 11) is -3.19. The third-order valence-corrected chi connectivity index (χ3v) is 7.35. The van der Waals surface area contributed by atoms with Crippen molar-refractivity contribution < 1.29 is 27.9 Å². The van der Waals surface area contributed by atoms with Crippen LogP contribution in [0.5, 0.6) is 5.75 Å². The Bertz CT molecular complexity index is 1260. The summed E-state index contributed by atoms with van der Waals surface area (Å²) in [6.45, 7) is -0.130. The fraction of sp³-hybridized carbons (Fsp3) is 0.250. The van der Waals surface area contributed by atoms with Gasteiger partial charge in [-0.2, -0.15) is 0 Å². The molecule has 8 heteroatoms. The number of nitrogens with zero attached hydrogens (tertiary/aromatic N) is 1. The number of sulfone groups is 1. The number of hydrogen-bond acceptors (Lipinski definition) is 5. The average Bonchev–Trinajstić information content (AvgIpc) is 3.15. The number of fused-ring (bicyclic) bond motifs is 1. The first-order valence-electron chi connectivity index (χ1n) is 10.2. The zero-order chi connectivity index (χ0) is 22.7. The molecule has 1 fully saturated rings. The molecule has 1 unspecified atom stereocenters. The van der Waals surface area contributed by atoms with Gasteiger partial charge in [-0.3, -0.25) is 4.79 Å². The highest BCUT2D eigenvalue weighted by Crippen LogP contribution is 2.27. The molecule has 1 N–H and O–H groups in total. The van der Waals surface area contributed by atoms with Crippen LogP contribution in [0.2, 0.25) is 0 Å². The second kappa shape index (κ2) is 9.00. The van der Waals surface area contributed by atoms with Crippen LogP contribution in [0, 0.1) is 0 Å². The summed E-state index contributed by atoms with van der Waals surface area (Å²) >= 11 is 0. The first-order chi connectivity index (χ1) is 15.3. The molecule has 3 aromatic rings. The Kier molecular flexibility index (Phi) is 6.14. The van der Waals surface area contributed by atoms with Crippen molar-refractivity contribution in [2.45, 2.75) is 19.0 Å². The number of carbonyl (C=O) groups is 2. The van der Waals surface area contributed by atoms with Crippen LogP contribution in [0.3, 0.4) is 0 Å². The Balaban J connectivity index is 1.57. The number of carbonyl (C=O) groups excluding carboxylic acids is 1. The van der Waals surface area contributed by atoms with E-state index in [0.717, 1.165) is 16.3 Å². The zero-order valence-electron chi connectivity index (χ0n) is 17.3. The van der Waals surface area contributed by atoms with Crippen molar-refractivity contribution in [2.24, 2.45) is 0 Å². The van der Waals surface area contributed by atoms with Gasteiger partial charge in [-0.15, -0.1) is 0 Å². The second-order valence-electron chi connectivity index (χ2n) is 7.85. The SMILES string of the molecule is O=C(O)c1cc2ccccc2cc1OCC(=O)N(Cc1ccccc1)C1CCS(=O)(=O)C1. The molecule has 0 aliphatic carbocycles. The van der Waals surface area contributed by atoms with Gasteiger partial charge < -0.3 is 14.7 Å². The van der Waals surface area contributed by atoms with E-state index in [0.29, 0.717) is 6.42 Å². The quantitative estimate of drug-likeness (QED) is 0.590. The molecule has 1 aliphatic rings. The third kappa shape index (κ3) is 4.91. The minimum absolute atomic E-state index is 0.0328. The molecule has 1 atom stereocenters. The molecule has 1 heterocycles. The van der Waals surface area contributed by atoms with E-state index in [1.807, 2.05) is 48.5 Å². The topological polar surface area (TPSA) is 101 Å². The number of rotatable bonds is 7. The van der Waals surface area contributed by atoms with Crippen LogP contribution in [-0.4, -0.2) is 54.5 Å². The fourth-order valence-electron chi connectivity index (χ4n) is 3.95. The maximum atomic E-state index is 13.1. The Morgan fingerprint density at radius 1 is 1.00 bits per heavy atom. The molecule has 1 aliphatic heterocycles. The van der Waals surface area contributed by atoms with Gasteiger partial charge in [-0.1, -0.05) is 54.6 Å². The van der Waals surface area contributed by atoms with Gasteiger partial charge in [0.05, 0.1) is 11.5 Å². The van der Waals surface area contributed by atoms with Crippen LogP contribution in [0.1, 0.15) is 22.3 Å². The number of hydrogen-bond donors (Lipinski definition) is 1. The Morgan fingerprint density at radius 3 is 2.28 bits per heavy atom. The van der Waals surface area contributed by atoms with Gasteiger partial charge in [0.25, 0.3) is 5.91 Å². The van der Waals surface area contributed by atoms with E-state index in [2.05, 4.69) is 0 Å². The lowest BCUT2D eigenvalue weighted by molar-refractivity contribution is -0.136. The van der Waals surface area contributed by atoms with Crippen LogP contribution < -0.4 is 4.74 Å². The van der Waals surface area contributed by atoms with Crippen molar-refractivity contribution in [2.75, 3.05) is 18.1 Å². The molecule has 166 valence electrons. The molecule has 0 radical (unpaired) electrons. The Morgan fingerprint density at radius 2 is 1.66 bits per heavy atom. The van der Waals surface area contributed by atoms with Gasteiger partial charge in [0, 0.05) is 12.6 Å². The number of aromatic carboxylic acids is 1. The lowest BCUT2D eigenvalue weighted by atomic mass is 10.1. The molecule has 0 saturated carbocycles. The summed E-state index contributed by atoms with van der Waals surface area (Å²) in [6.07, 6.45) is 0.372. The molecule has 4 rings (SSSR count). The summed E-state index contributed by atoms with van der Waals surface area (Å²) in [5.41, 5.74) is 0.844. The highest BCUT2D eigenvalue weighted by Gasteiger charge is 2.35. The second-order valence-corrected chi connectivity index (χ2v) is 10.1. The minimum atomic E-state index is -3.19. The van der Waals surface area contributed by atoms with Crippen LogP contribution in [0.15, 0.2) is 66.7 Å². The van der Waals surface area contributed by atoms with Crippen LogP contribution in [0.4, 0.5) is 0 Å². The van der Waals surface area contributed by atoms with Crippen molar-refractivity contribution in [1.82, 2.24) is 4.90 Å². The van der Waals surface area contributed by atoms with Crippen LogP contribution >= 0.6 is 0 Å². The lowest BCUT2D eigenvalue weighted by Crippen LogP contribution is -2.43. The third-order valence-electron chi connectivity index (χ3n) is 5.59. The summed E-state index contributed by atoms with van der Waals surface area (Å²) in [5, 5.41) is 11.1. The first-order valence-corrected chi connectivity index (χ1v) is 12.1. The summed E-state index contributed by atoms with van der Waals surface area (Å²) in [5.74, 6) is -1.47. The molecule has 0 bridgehead atoms. The number of carboxylic acid groups (broad SMARTS) is 1. The van der Waals surface area contributed by atoms with Crippen molar-refractivity contribution in [3.8, 4) is 5.75 Å². The molecule has 1 amide bonds. The van der Waals surface area contributed by atoms with E-state index in [-0.39, 0.29) is 41.9 Å². The van der Waals surface area contributed by atoms with Crippen molar-refractivity contribution in [3.63, 3.8) is 0 Å². The number of ether oxygens (including phenoxy) is 1. The maximum Gasteiger partial charge on any atom is 0.339 e. The molecule has 1 saturated heterocycles. The predicted molar refractivity (Wildman–Crippen MR) is 120 cm³/mol. The number of benzene rings is 3. The summed E-state index contributed by atoms with van der Waals surface area (Å²) in [4.78, 5) is 26.4. The highest BCUT2D eigenvalue weighted by molar-refractivity contribution is 7.91. The van der Waals surface area contributed by atoms with E-state index in [1.165, 1.54) is 11.0 Å². The summed E-state index contributed by atoms with van der Waals surface area (Å²) < 4.78 is 29.7. The standard InChI is InChI=1S/C24H23NO6S/c26-23(15-31-22-13-19-9-5-4-8-18(19)12-21(22)24(27)28)25(14-17-6-2-1-3-7-17)20-10-11-32(29,30)16-20/h1-9,12-13,20H,10-11,14-16H2,(H,27,28). The van der Waals surface area contributed by atoms with E-state index < -0.39 is 21.8 Å². The van der Waals surface area contributed by atoms with Crippen molar-refractivity contribution in [1.29, 1.82) is 0 Å². The highest BCUT2D eigenvalue weighted by atomic mass is 32.2. The van der Waals surface area contributed by atoms with Gasteiger partial charge >= 0.3 is 5.97 Å². The van der Waals surface area contributed by atoms with Gasteiger partial charge in [-0.25, -0.2) is 13.2 Å². The monoisotopic (exact) mass is 453 g/mol. The van der Waals surface area contributed by atoms with Crippen LogP contribution in [0.25, 0.3) is 10.8 Å². The van der Waals surface area contributed by atoms with Crippen LogP contribution in [-0.2, 0) is 21.2 Å². The molecule has 32 heavy (non-hydrogen) atoms. The van der Waals surface area contributed by atoms with E-state index >= 15 is 0 Å². The summed E-state index contributed by atoms with van der Waals surface area (Å²) in [6, 6.07) is 19.3. The molecular formula is C24H23NO6S. The molecular weight excluding hydrogens is 430 g/mol. The van der Waals surface area contributed by atoms with Gasteiger partial charge in [0.1, 0.15) is 11.3 Å². The molecule has 3 aromatic carbocycles. The molecule has 0 aromatic heterocycles. The smallest absolute Gasteiger partial charge is 0.339 e. The van der Waals surface area contributed by atoms with Crippen molar-refractivity contribution in [3.05, 3.63) is 77.9 Å². The largest absolute Gasteiger partial charge is 0.483 e.